The van der Waals surface area contributed by atoms with Gasteiger partial charge in [-0.15, -0.1) is 0 Å². The first-order chi connectivity index (χ1) is 7.99. The monoisotopic (exact) mass is 236 g/mol. The molecule has 2 rings (SSSR count). The molecule has 2 aromatic rings. The number of halogens is 2. The van der Waals surface area contributed by atoms with E-state index in [-0.39, 0.29) is 16.7 Å². The summed E-state index contributed by atoms with van der Waals surface area (Å²) < 4.78 is 31.8. The van der Waals surface area contributed by atoms with Gasteiger partial charge in [0.1, 0.15) is 23.7 Å². The minimum Gasteiger partial charge on any atom is -0.469 e. The molecule has 2 nitrogen and oxygen atoms in total. The van der Waals surface area contributed by atoms with Crippen LogP contribution in [0, 0.1) is 25.5 Å². The van der Waals surface area contributed by atoms with Gasteiger partial charge in [0.15, 0.2) is 5.78 Å². The van der Waals surface area contributed by atoms with E-state index in [4.69, 9.17) is 4.42 Å². The van der Waals surface area contributed by atoms with Crippen molar-refractivity contribution < 1.29 is 18.0 Å². The number of benzene rings is 1. The molecule has 0 amide bonds. The van der Waals surface area contributed by atoms with E-state index in [2.05, 4.69) is 0 Å². The standard InChI is InChI=1S/C13H10F2O2/c1-7-3-12(15)10(5-11(7)14)13(16)9-4-8(2)17-6-9/h3-6H,1-2H3. The van der Waals surface area contributed by atoms with Gasteiger partial charge in [-0.25, -0.2) is 8.78 Å². The molecule has 0 atom stereocenters. The average molecular weight is 236 g/mol. The summed E-state index contributed by atoms with van der Waals surface area (Å²) in [5.41, 5.74) is 0.0981. The van der Waals surface area contributed by atoms with Gasteiger partial charge in [0, 0.05) is 0 Å². The Morgan fingerprint density at radius 2 is 1.82 bits per heavy atom. The van der Waals surface area contributed by atoms with Crippen LogP contribution < -0.4 is 0 Å². The van der Waals surface area contributed by atoms with E-state index in [1.165, 1.54) is 19.3 Å². The molecule has 0 radical (unpaired) electrons. The summed E-state index contributed by atoms with van der Waals surface area (Å²) in [5, 5.41) is 0. The predicted molar refractivity (Wildman–Crippen MR) is 58.0 cm³/mol. The molecule has 0 unspecified atom stereocenters. The summed E-state index contributed by atoms with van der Waals surface area (Å²) in [6.45, 7) is 3.11. The Balaban J connectivity index is 2.47. The van der Waals surface area contributed by atoms with Crippen LogP contribution in [0.5, 0.6) is 0 Å². The summed E-state index contributed by atoms with van der Waals surface area (Å²) in [5.74, 6) is -1.37. The van der Waals surface area contributed by atoms with Crippen LogP contribution in [0.15, 0.2) is 28.9 Å². The zero-order valence-corrected chi connectivity index (χ0v) is 9.38. The first-order valence-corrected chi connectivity index (χ1v) is 5.04. The van der Waals surface area contributed by atoms with Gasteiger partial charge in [0.25, 0.3) is 0 Å². The number of carbonyl (C=O) groups is 1. The maximum absolute atomic E-state index is 13.6. The zero-order chi connectivity index (χ0) is 12.6. The van der Waals surface area contributed by atoms with Gasteiger partial charge < -0.3 is 4.42 Å². The van der Waals surface area contributed by atoms with Gasteiger partial charge in [-0.2, -0.15) is 0 Å². The number of hydrogen-bond donors (Lipinski definition) is 0. The van der Waals surface area contributed by atoms with E-state index in [1.54, 1.807) is 6.92 Å². The van der Waals surface area contributed by atoms with Crippen LogP contribution in [0.4, 0.5) is 8.78 Å². The summed E-state index contributed by atoms with van der Waals surface area (Å²) >= 11 is 0. The topological polar surface area (TPSA) is 30.2 Å². The molecule has 1 aromatic heterocycles. The SMILES string of the molecule is Cc1cc(C(=O)c2cc(F)c(C)cc2F)co1. The second-order valence-electron chi connectivity index (χ2n) is 3.86. The molecule has 0 spiro atoms. The fourth-order valence-corrected chi connectivity index (χ4v) is 1.54. The highest BCUT2D eigenvalue weighted by molar-refractivity contribution is 6.09. The third-order valence-electron chi connectivity index (χ3n) is 2.49. The van der Waals surface area contributed by atoms with Crippen LogP contribution >= 0.6 is 0 Å². The number of furan rings is 1. The van der Waals surface area contributed by atoms with Crippen LogP contribution in [-0.2, 0) is 0 Å². The molecule has 0 saturated heterocycles. The Hall–Kier alpha value is -1.97. The van der Waals surface area contributed by atoms with Crippen molar-refractivity contribution in [3.63, 3.8) is 0 Å². The molecule has 0 bridgehead atoms. The molecule has 88 valence electrons. The minimum absolute atomic E-state index is 0.169. The van der Waals surface area contributed by atoms with Crippen molar-refractivity contribution in [2.75, 3.05) is 0 Å². The van der Waals surface area contributed by atoms with E-state index in [9.17, 15) is 13.6 Å². The van der Waals surface area contributed by atoms with Gasteiger partial charge in [-0.1, -0.05) is 0 Å². The Labute approximate surface area is 96.9 Å². The Bertz CT molecular complexity index is 585. The van der Waals surface area contributed by atoms with E-state index in [0.717, 1.165) is 12.1 Å². The van der Waals surface area contributed by atoms with E-state index in [1.807, 2.05) is 0 Å². The summed E-state index contributed by atoms with van der Waals surface area (Å²) in [6.07, 6.45) is 1.23. The highest BCUT2D eigenvalue weighted by atomic mass is 19.1. The molecular weight excluding hydrogens is 226 g/mol. The number of rotatable bonds is 2. The lowest BCUT2D eigenvalue weighted by atomic mass is 10.0. The Morgan fingerprint density at radius 3 is 2.41 bits per heavy atom. The predicted octanol–water partition coefficient (Wildman–Crippen LogP) is 3.41. The third kappa shape index (κ3) is 2.11. The summed E-state index contributed by atoms with van der Waals surface area (Å²) in [6, 6.07) is 3.41. The van der Waals surface area contributed by atoms with Gasteiger partial charge in [0.2, 0.25) is 0 Å². The minimum atomic E-state index is -0.729. The van der Waals surface area contributed by atoms with Gasteiger partial charge in [-0.3, -0.25) is 4.79 Å². The number of carbonyl (C=O) groups excluding carboxylic acids is 1. The number of hydrogen-bond acceptors (Lipinski definition) is 2. The van der Waals surface area contributed by atoms with E-state index in [0.29, 0.717) is 5.76 Å². The fourth-order valence-electron chi connectivity index (χ4n) is 1.54. The summed E-state index contributed by atoms with van der Waals surface area (Å²) in [4.78, 5) is 11.9. The molecule has 0 aliphatic carbocycles. The highest BCUT2D eigenvalue weighted by Gasteiger charge is 2.17. The molecule has 0 fully saturated rings. The van der Waals surface area contributed by atoms with Crippen molar-refractivity contribution in [3.05, 3.63) is 58.5 Å². The first kappa shape index (κ1) is 11.5. The fraction of sp³-hybridized carbons (Fsp3) is 0.154. The third-order valence-corrected chi connectivity index (χ3v) is 2.49. The van der Waals surface area contributed by atoms with E-state index >= 15 is 0 Å². The van der Waals surface area contributed by atoms with Crippen molar-refractivity contribution in [2.45, 2.75) is 13.8 Å². The maximum Gasteiger partial charge on any atom is 0.199 e. The van der Waals surface area contributed by atoms with Gasteiger partial charge in [-0.05, 0) is 37.6 Å². The molecule has 1 heterocycles. The molecule has 4 heteroatoms. The lowest BCUT2D eigenvalue weighted by Crippen LogP contribution is -2.04. The normalized spacial score (nSPS) is 10.6. The molecule has 0 saturated carbocycles. The average Bonchev–Trinajstić information content (AvgIpc) is 2.69. The molecule has 0 aliphatic rings. The largest absolute Gasteiger partial charge is 0.469 e. The lowest BCUT2D eigenvalue weighted by Gasteiger charge is -2.03. The second kappa shape index (κ2) is 4.13. The van der Waals surface area contributed by atoms with Crippen molar-refractivity contribution in [1.82, 2.24) is 0 Å². The zero-order valence-electron chi connectivity index (χ0n) is 9.38. The van der Waals surface area contributed by atoms with Crippen molar-refractivity contribution in [1.29, 1.82) is 0 Å². The first-order valence-electron chi connectivity index (χ1n) is 5.04. The second-order valence-corrected chi connectivity index (χ2v) is 3.86. The van der Waals surface area contributed by atoms with E-state index < -0.39 is 17.4 Å². The molecule has 17 heavy (non-hydrogen) atoms. The smallest absolute Gasteiger partial charge is 0.199 e. The quantitative estimate of drug-likeness (QED) is 0.748. The molecular formula is C13H10F2O2. The molecule has 0 aliphatic heterocycles. The maximum atomic E-state index is 13.6. The molecule has 1 aromatic carbocycles. The van der Waals surface area contributed by atoms with Crippen molar-refractivity contribution in [3.8, 4) is 0 Å². The Kier molecular flexibility index (Phi) is 2.79. The summed E-state index contributed by atoms with van der Waals surface area (Å²) in [7, 11) is 0. The van der Waals surface area contributed by atoms with Crippen LogP contribution in [-0.4, -0.2) is 5.78 Å². The number of aryl methyl sites for hydroxylation is 2. The van der Waals surface area contributed by atoms with Crippen molar-refractivity contribution in [2.24, 2.45) is 0 Å². The lowest BCUT2D eigenvalue weighted by molar-refractivity contribution is 0.103. The van der Waals surface area contributed by atoms with Crippen LogP contribution in [0.25, 0.3) is 0 Å². The highest BCUT2D eigenvalue weighted by Crippen LogP contribution is 2.19. The Morgan fingerprint density at radius 1 is 1.12 bits per heavy atom. The van der Waals surface area contributed by atoms with Crippen LogP contribution in [0.1, 0.15) is 27.2 Å². The van der Waals surface area contributed by atoms with Gasteiger partial charge in [0.05, 0.1) is 11.1 Å². The van der Waals surface area contributed by atoms with Crippen molar-refractivity contribution >= 4 is 5.78 Å². The molecule has 0 N–H and O–H groups in total. The number of ketones is 1. The van der Waals surface area contributed by atoms with Crippen LogP contribution in [0.3, 0.4) is 0 Å². The van der Waals surface area contributed by atoms with Gasteiger partial charge >= 0.3 is 0 Å². The van der Waals surface area contributed by atoms with Crippen LogP contribution in [0.2, 0.25) is 0 Å².